The second-order valence-corrected chi connectivity index (χ2v) is 5.38. The van der Waals surface area contributed by atoms with E-state index in [1.54, 1.807) is 0 Å². The van der Waals surface area contributed by atoms with Crippen LogP contribution in [0.4, 0.5) is 13.2 Å². The van der Waals surface area contributed by atoms with E-state index < -0.39 is 30.7 Å². The van der Waals surface area contributed by atoms with Crippen LogP contribution in [0.1, 0.15) is 46.0 Å². The van der Waals surface area contributed by atoms with Gasteiger partial charge in [-0.2, -0.15) is 13.2 Å². The van der Waals surface area contributed by atoms with Crippen molar-refractivity contribution in [1.82, 2.24) is 4.90 Å². The Morgan fingerprint density at radius 3 is 2.53 bits per heavy atom. The van der Waals surface area contributed by atoms with Crippen molar-refractivity contribution >= 4 is 5.91 Å². The third-order valence-corrected chi connectivity index (χ3v) is 3.65. The molecule has 19 heavy (non-hydrogen) atoms. The molecule has 0 aromatic carbocycles. The summed E-state index contributed by atoms with van der Waals surface area (Å²) in [6.45, 7) is 3.87. The molecule has 0 aromatic rings. The van der Waals surface area contributed by atoms with Gasteiger partial charge in [-0.25, -0.2) is 0 Å². The molecule has 0 radical (unpaired) electrons. The van der Waals surface area contributed by atoms with E-state index in [-0.39, 0.29) is 5.92 Å². The lowest BCUT2D eigenvalue weighted by Gasteiger charge is -2.41. The molecule has 0 spiro atoms. The number of amides is 1. The lowest BCUT2D eigenvalue weighted by Crippen LogP contribution is -2.52. The van der Waals surface area contributed by atoms with Crippen molar-refractivity contribution < 1.29 is 23.1 Å². The van der Waals surface area contributed by atoms with Crippen LogP contribution in [0.2, 0.25) is 0 Å². The van der Waals surface area contributed by atoms with Gasteiger partial charge in [0.1, 0.15) is 6.42 Å². The number of piperidine rings is 1. The minimum Gasteiger partial charge on any atom is -0.391 e. The van der Waals surface area contributed by atoms with Gasteiger partial charge in [0.2, 0.25) is 5.91 Å². The van der Waals surface area contributed by atoms with E-state index >= 15 is 0 Å². The summed E-state index contributed by atoms with van der Waals surface area (Å²) in [5.74, 6) is -0.670. The van der Waals surface area contributed by atoms with Crippen LogP contribution in [0, 0.1) is 5.92 Å². The van der Waals surface area contributed by atoms with E-state index in [1.165, 1.54) is 11.8 Å². The molecule has 112 valence electrons. The van der Waals surface area contributed by atoms with Crippen LogP contribution in [0.25, 0.3) is 0 Å². The Morgan fingerprint density at radius 1 is 1.42 bits per heavy atom. The number of rotatable bonds is 4. The van der Waals surface area contributed by atoms with Crippen LogP contribution in [0.5, 0.6) is 0 Å². The number of carbonyl (C=O) groups is 1. The molecule has 0 saturated carbocycles. The molecule has 1 fully saturated rings. The Balaban J connectivity index is 2.73. The number of hydrogen-bond donors (Lipinski definition) is 1. The fraction of sp³-hybridized carbons (Fsp3) is 0.923. The van der Waals surface area contributed by atoms with Gasteiger partial charge in [-0.3, -0.25) is 4.79 Å². The number of aliphatic hydroxyl groups is 1. The van der Waals surface area contributed by atoms with Gasteiger partial charge < -0.3 is 10.0 Å². The quantitative estimate of drug-likeness (QED) is 0.860. The molecule has 3 nitrogen and oxygen atoms in total. The van der Waals surface area contributed by atoms with Crippen LogP contribution < -0.4 is 0 Å². The number of halogens is 3. The first-order valence-corrected chi connectivity index (χ1v) is 6.79. The van der Waals surface area contributed by atoms with Gasteiger partial charge in [-0.05, 0) is 32.1 Å². The maximum atomic E-state index is 12.3. The van der Waals surface area contributed by atoms with Crippen LogP contribution in [-0.2, 0) is 4.79 Å². The van der Waals surface area contributed by atoms with Crippen LogP contribution in [0.3, 0.4) is 0 Å². The van der Waals surface area contributed by atoms with Crippen molar-refractivity contribution in [3.63, 3.8) is 0 Å². The molecule has 3 atom stereocenters. The highest BCUT2D eigenvalue weighted by Crippen LogP contribution is 2.30. The summed E-state index contributed by atoms with van der Waals surface area (Å²) in [6.07, 6.45) is -3.42. The van der Waals surface area contributed by atoms with Gasteiger partial charge >= 0.3 is 6.18 Å². The van der Waals surface area contributed by atoms with E-state index in [9.17, 15) is 23.1 Å². The van der Waals surface area contributed by atoms with Crippen LogP contribution >= 0.6 is 0 Å². The summed E-state index contributed by atoms with van der Waals surface area (Å²) in [5.41, 5.74) is 0. The SMILES string of the molecule is CCCC1CCC([C@H](C)O)N(C(=O)CC(F)(F)F)C1. The lowest BCUT2D eigenvalue weighted by molar-refractivity contribution is -0.167. The summed E-state index contributed by atoms with van der Waals surface area (Å²) < 4.78 is 37.0. The number of carbonyl (C=O) groups excluding carboxylic acids is 1. The van der Waals surface area contributed by atoms with Crippen LogP contribution in [0.15, 0.2) is 0 Å². The molecule has 1 amide bonds. The Hall–Kier alpha value is -0.780. The first-order chi connectivity index (χ1) is 8.74. The maximum absolute atomic E-state index is 12.3. The molecule has 6 heteroatoms. The third-order valence-electron chi connectivity index (χ3n) is 3.65. The zero-order valence-corrected chi connectivity index (χ0v) is 11.4. The molecule has 1 aliphatic rings. The van der Waals surface area contributed by atoms with Crippen molar-refractivity contribution in [2.45, 2.75) is 64.3 Å². The van der Waals surface area contributed by atoms with Crippen molar-refractivity contribution in [1.29, 1.82) is 0 Å². The molecule has 1 N–H and O–H groups in total. The predicted octanol–water partition coefficient (Wildman–Crippen LogP) is 2.73. The van der Waals surface area contributed by atoms with Gasteiger partial charge in [0.25, 0.3) is 0 Å². The summed E-state index contributed by atoms with van der Waals surface area (Å²) in [7, 11) is 0. The molecule has 0 bridgehead atoms. The van der Waals surface area contributed by atoms with Gasteiger partial charge in [0, 0.05) is 6.54 Å². The van der Waals surface area contributed by atoms with Crippen molar-refractivity contribution in [3.05, 3.63) is 0 Å². The summed E-state index contributed by atoms with van der Waals surface area (Å²) >= 11 is 0. The van der Waals surface area contributed by atoms with E-state index in [0.29, 0.717) is 13.0 Å². The summed E-state index contributed by atoms with van der Waals surface area (Å²) in [5, 5.41) is 9.64. The molecule has 1 rings (SSSR count). The third kappa shape index (κ3) is 5.01. The smallest absolute Gasteiger partial charge is 0.391 e. The minimum absolute atomic E-state index is 0.247. The normalized spacial score (nSPS) is 26.3. The molecule has 2 unspecified atom stereocenters. The standard InChI is InChI=1S/C13H22F3NO2/c1-3-4-10-5-6-11(9(2)18)17(8-10)12(19)7-13(14,15)16/h9-11,18H,3-8H2,1-2H3/t9-,10?,11?/m0/s1. The molecule has 1 saturated heterocycles. The first-order valence-electron chi connectivity index (χ1n) is 6.79. The van der Waals surface area contributed by atoms with Gasteiger partial charge in [0.05, 0.1) is 12.1 Å². The Kier molecular flexibility index (Phi) is 5.64. The number of alkyl halides is 3. The highest BCUT2D eigenvalue weighted by molar-refractivity contribution is 5.77. The molecule has 0 aromatic heterocycles. The second-order valence-electron chi connectivity index (χ2n) is 5.38. The van der Waals surface area contributed by atoms with E-state index in [2.05, 4.69) is 0 Å². The van der Waals surface area contributed by atoms with Crippen LogP contribution in [-0.4, -0.2) is 40.8 Å². The molecule has 1 heterocycles. The van der Waals surface area contributed by atoms with Gasteiger partial charge in [-0.15, -0.1) is 0 Å². The van der Waals surface area contributed by atoms with Gasteiger partial charge in [-0.1, -0.05) is 13.3 Å². The minimum atomic E-state index is -4.49. The van der Waals surface area contributed by atoms with Gasteiger partial charge in [0.15, 0.2) is 0 Å². The lowest BCUT2D eigenvalue weighted by atomic mass is 9.87. The Bertz CT molecular complexity index is 305. The Labute approximate surface area is 111 Å². The Morgan fingerprint density at radius 2 is 2.05 bits per heavy atom. The average Bonchev–Trinajstić information content (AvgIpc) is 2.26. The summed E-state index contributed by atoms with van der Waals surface area (Å²) in [4.78, 5) is 13.0. The van der Waals surface area contributed by atoms with Crippen molar-refractivity contribution in [2.75, 3.05) is 6.54 Å². The predicted molar refractivity (Wildman–Crippen MR) is 65.5 cm³/mol. The topological polar surface area (TPSA) is 40.5 Å². The fourth-order valence-electron chi connectivity index (χ4n) is 2.77. The number of likely N-dealkylation sites (tertiary alicyclic amines) is 1. The number of aliphatic hydroxyl groups excluding tert-OH is 1. The first kappa shape index (κ1) is 16.3. The average molecular weight is 281 g/mol. The summed E-state index contributed by atoms with van der Waals surface area (Å²) in [6, 6.07) is -0.483. The van der Waals surface area contributed by atoms with E-state index in [1.807, 2.05) is 6.92 Å². The van der Waals surface area contributed by atoms with Crippen molar-refractivity contribution in [3.8, 4) is 0 Å². The number of nitrogens with zero attached hydrogens (tertiary/aromatic N) is 1. The monoisotopic (exact) mass is 281 g/mol. The number of hydrogen-bond acceptors (Lipinski definition) is 2. The zero-order valence-electron chi connectivity index (χ0n) is 11.4. The zero-order chi connectivity index (χ0) is 14.6. The maximum Gasteiger partial charge on any atom is 0.397 e. The molecule has 1 aliphatic heterocycles. The molecule has 0 aliphatic carbocycles. The molecular formula is C13H22F3NO2. The molecular weight excluding hydrogens is 259 g/mol. The largest absolute Gasteiger partial charge is 0.397 e. The second kappa shape index (κ2) is 6.59. The van der Waals surface area contributed by atoms with E-state index in [4.69, 9.17) is 0 Å². The fourth-order valence-corrected chi connectivity index (χ4v) is 2.77. The van der Waals surface area contributed by atoms with E-state index in [0.717, 1.165) is 19.3 Å². The highest BCUT2D eigenvalue weighted by atomic mass is 19.4. The van der Waals surface area contributed by atoms with Crippen molar-refractivity contribution in [2.24, 2.45) is 5.92 Å². The highest BCUT2D eigenvalue weighted by Gasteiger charge is 2.39.